The maximum atomic E-state index is 13.2. The van der Waals surface area contributed by atoms with Crippen molar-refractivity contribution in [2.24, 2.45) is 5.10 Å². The van der Waals surface area contributed by atoms with Crippen molar-refractivity contribution in [3.63, 3.8) is 0 Å². The molecule has 0 radical (unpaired) electrons. The number of hydrogen-bond donors (Lipinski definition) is 0. The van der Waals surface area contributed by atoms with Gasteiger partial charge in [-0.25, -0.2) is 9.99 Å². The number of hydrogen-bond acceptors (Lipinski definition) is 5. The first-order valence-electron chi connectivity index (χ1n) is 9.15. The monoisotopic (exact) mass is 437 g/mol. The summed E-state index contributed by atoms with van der Waals surface area (Å²) in [7, 11) is 0. The van der Waals surface area contributed by atoms with Crippen molar-refractivity contribution in [3.05, 3.63) is 85.3 Å². The molecule has 0 unspecified atom stereocenters. The van der Waals surface area contributed by atoms with Gasteiger partial charge in [-0.3, -0.25) is 4.79 Å². The normalized spacial score (nSPS) is 16.4. The molecule has 4 heterocycles. The SMILES string of the molecule is Cc1ccc2nc(Cl)c([C@H]3CC(c4cccs4)=NN3C(=O)c3cccs3)cc2c1. The van der Waals surface area contributed by atoms with Gasteiger partial charge < -0.3 is 0 Å². The summed E-state index contributed by atoms with van der Waals surface area (Å²) in [6.45, 7) is 2.05. The average molecular weight is 438 g/mol. The summed E-state index contributed by atoms with van der Waals surface area (Å²) in [6, 6.07) is 15.6. The molecule has 0 aliphatic carbocycles. The lowest BCUT2D eigenvalue weighted by Gasteiger charge is -2.22. The van der Waals surface area contributed by atoms with E-state index in [1.807, 2.05) is 60.1 Å². The second-order valence-corrected chi connectivity index (χ2v) is 9.19. The van der Waals surface area contributed by atoms with Crippen LogP contribution in [0.1, 0.15) is 38.1 Å². The lowest BCUT2D eigenvalue weighted by molar-refractivity contribution is 0.0716. The fourth-order valence-electron chi connectivity index (χ4n) is 3.57. The maximum Gasteiger partial charge on any atom is 0.284 e. The van der Waals surface area contributed by atoms with E-state index in [1.165, 1.54) is 11.3 Å². The molecule has 0 saturated carbocycles. The number of benzene rings is 1. The van der Waals surface area contributed by atoms with E-state index in [-0.39, 0.29) is 11.9 Å². The zero-order valence-electron chi connectivity index (χ0n) is 15.5. The standard InChI is InChI=1S/C22H16ClN3OS2/c1-13-6-7-16-14(10-13)11-15(21(23)24-16)18-12-17(19-4-2-8-28-19)25-26(18)22(27)20-5-3-9-29-20/h2-11,18H,12H2,1H3/t18-/m1/s1. The smallest absolute Gasteiger partial charge is 0.266 e. The summed E-state index contributed by atoms with van der Waals surface area (Å²) >= 11 is 9.63. The van der Waals surface area contributed by atoms with Gasteiger partial charge in [0, 0.05) is 17.4 Å². The molecule has 1 atom stereocenters. The number of hydrazone groups is 1. The van der Waals surface area contributed by atoms with Crippen LogP contribution in [-0.4, -0.2) is 21.6 Å². The molecule has 5 rings (SSSR count). The molecule has 1 amide bonds. The van der Waals surface area contributed by atoms with Crippen LogP contribution in [0.25, 0.3) is 10.9 Å². The number of halogens is 1. The van der Waals surface area contributed by atoms with Crippen LogP contribution < -0.4 is 0 Å². The van der Waals surface area contributed by atoms with Gasteiger partial charge in [-0.15, -0.1) is 22.7 Å². The quantitative estimate of drug-likeness (QED) is 0.352. The minimum absolute atomic E-state index is 0.114. The van der Waals surface area contributed by atoms with Gasteiger partial charge in [-0.2, -0.15) is 5.10 Å². The van der Waals surface area contributed by atoms with Gasteiger partial charge in [0.25, 0.3) is 5.91 Å². The van der Waals surface area contributed by atoms with Crippen LogP contribution in [-0.2, 0) is 0 Å². The number of amides is 1. The summed E-state index contributed by atoms with van der Waals surface area (Å²) in [4.78, 5) is 19.5. The molecule has 144 valence electrons. The van der Waals surface area contributed by atoms with Gasteiger partial charge in [0.1, 0.15) is 5.15 Å². The number of carbonyl (C=O) groups is 1. The van der Waals surface area contributed by atoms with Crippen LogP contribution >= 0.6 is 34.3 Å². The molecule has 4 nitrogen and oxygen atoms in total. The molecule has 1 aliphatic heterocycles. The third-order valence-corrected chi connectivity index (χ3v) is 7.05. The highest BCUT2D eigenvalue weighted by Crippen LogP contribution is 2.39. The Bertz CT molecular complexity index is 1230. The lowest BCUT2D eigenvalue weighted by atomic mass is 10.0. The van der Waals surface area contributed by atoms with E-state index >= 15 is 0 Å². The predicted molar refractivity (Wildman–Crippen MR) is 120 cm³/mol. The molecule has 7 heteroatoms. The first-order valence-corrected chi connectivity index (χ1v) is 11.3. The van der Waals surface area contributed by atoms with Crippen LogP contribution in [0.2, 0.25) is 5.15 Å². The minimum Gasteiger partial charge on any atom is -0.266 e. The number of thiophene rings is 2. The minimum atomic E-state index is -0.286. The number of fused-ring (bicyclic) bond motifs is 1. The number of aryl methyl sites for hydroxylation is 1. The molecule has 29 heavy (non-hydrogen) atoms. The largest absolute Gasteiger partial charge is 0.284 e. The van der Waals surface area contributed by atoms with Crippen molar-refractivity contribution in [1.29, 1.82) is 0 Å². The highest BCUT2D eigenvalue weighted by Gasteiger charge is 2.36. The van der Waals surface area contributed by atoms with E-state index in [9.17, 15) is 4.79 Å². The molecule has 1 aromatic carbocycles. The van der Waals surface area contributed by atoms with Crippen LogP contribution in [0, 0.1) is 6.92 Å². The highest BCUT2D eigenvalue weighted by molar-refractivity contribution is 7.12. The van der Waals surface area contributed by atoms with Crippen LogP contribution in [0.3, 0.4) is 0 Å². The second kappa shape index (κ2) is 7.37. The van der Waals surface area contributed by atoms with Gasteiger partial charge in [-0.05, 0) is 48.0 Å². The fourth-order valence-corrected chi connectivity index (χ4v) is 5.21. The molecule has 0 bridgehead atoms. The topological polar surface area (TPSA) is 45.6 Å². The van der Waals surface area contributed by atoms with Crippen molar-refractivity contribution in [2.75, 3.05) is 0 Å². The third-order valence-electron chi connectivity index (χ3n) is 4.97. The molecule has 0 saturated heterocycles. The van der Waals surface area contributed by atoms with Gasteiger partial charge in [0.15, 0.2) is 0 Å². The number of pyridine rings is 1. The molecule has 0 fully saturated rings. The average Bonchev–Trinajstić information content (AvgIpc) is 3.48. The molecular weight excluding hydrogens is 422 g/mol. The summed E-state index contributed by atoms with van der Waals surface area (Å²) in [6.07, 6.45) is 0.607. The first kappa shape index (κ1) is 18.5. The maximum absolute atomic E-state index is 13.2. The first-order chi connectivity index (χ1) is 14.1. The number of rotatable bonds is 3. The van der Waals surface area contributed by atoms with Crippen molar-refractivity contribution < 1.29 is 4.79 Å². The summed E-state index contributed by atoms with van der Waals surface area (Å²) in [5, 5.41) is 11.6. The Morgan fingerprint density at radius 3 is 2.72 bits per heavy atom. The Hall–Kier alpha value is -2.54. The van der Waals surface area contributed by atoms with Gasteiger partial charge in [-0.1, -0.05) is 35.4 Å². The Balaban J connectivity index is 1.61. The molecule has 4 aromatic rings. The zero-order chi connectivity index (χ0) is 20.0. The van der Waals surface area contributed by atoms with Crippen molar-refractivity contribution in [3.8, 4) is 0 Å². The van der Waals surface area contributed by atoms with Crippen LogP contribution in [0.4, 0.5) is 0 Å². The van der Waals surface area contributed by atoms with Crippen molar-refractivity contribution in [2.45, 2.75) is 19.4 Å². The molecule has 0 spiro atoms. The number of aromatic nitrogens is 1. The van der Waals surface area contributed by atoms with Gasteiger partial charge in [0.2, 0.25) is 0 Å². The van der Waals surface area contributed by atoms with Crippen molar-refractivity contribution >= 4 is 56.8 Å². The van der Waals surface area contributed by atoms with E-state index in [1.54, 1.807) is 16.3 Å². The Labute approximate surface area is 181 Å². The number of nitrogens with zero attached hydrogens (tertiary/aromatic N) is 3. The predicted octanol–water partition coefficient (Wildman–Crippen LogP) is 6.31. The third kappa shape index (κ3) is 3.37. The van der Waals surface area contributed by atoms with E-state index in [0.29, 0.717) is 16.5 Å². The van der Waals surface area contributed by atoms with Gasteiger partial charge >= 0.3 is 0 Å². The van der Waals surface area contributed by atoms with E-state index in [4.69, 9.17) is 16.7 Å². The van der Waals surface area contributed by atoms with E-state index in [0.717, 1.165) is 32.6 Å². The van der Waals surface area contributed by atoms with Crippen LogP contribution in [0.15, 0.2) is 64.4 Å². The lowest BCUT2D eigenvalue weighted by Crippen LogP contribution is -2.26. The number of carbonyl (C=O) groups excluding carboxylic acids is 1. The molecule has 0 N–H and O–H groups in total. The second-order valence-electron chi connectivity index (χ2n) is 6.94. The Kier molecular flexibility index (Phi) is 4.70. The van der Waals surface area contributed by atoms with E-state index in [2.05, 4.69) is 11.1 Å². The Morgan fingerprint density at radius 2 is 1.97 bits per heavy atom. The highest BCUT2D eigenvalue weighted by atomic mass is 35.5. The molecule has 1 aliphatic rings. The van der Waals surface area contributed by atoms with Crippen molar-refractivity contribution in [1.82, 2.24) is 9.99 Å². The zero-order valence-corrected chi connectivity index (χ0v) is 17.9. The van der Waals surface area contributed by atoms with Crippen LogP contribution in [0.5, 0.6) is 0 Å². The summed E-state index contributed by atoms with van der Waals surface area (Å²) in [5.41, 5.74) is 3.72. The molecule has 3 aromatic heterocycles. The summed E-state index contributed by atoms with van der Waals surface area (Å²) < 4.78 is 0. The summed E-state index contributed by atoms with van der Waals surface area (Å²) in [5.74, 6) is -0.114. The van der Waals surface area contributed by atoms with Gasteiger partial charge in [0.05, 0.1) is 27.0 Å². The molecular formula is C22H16ClN3OS2. The Morgan fingerprint density at radius 1 is 1.14 bits per heavy atom. The fraction of sp³-hybridized carbons (Fsp3) is 0.136. The van der Waals surface area contributed by atoms with E-state index < -0.39 is 0 Å².